The first-order valence-corrected chi connectivity index (χ1v) is 6.17. The predicted octanol–water partition coefficient (Wildman–Crippen LogP) is 2.02. The molecule has 0 bridgehead atoms. The summed E-state index contributed by atoms with van der Waals surface area (Å²) in [5.74, 6) is 0.662. The summed E-state index contributed by atoms with van der Waals surface area (Å²) in [6.45, 7) is 11.0. The highest BCUT2D eigenvalue weighted by Crippen LogP contribution is 2.38. The number of likely N-dealkylation sites (tertiary alicyclic amines) is 1. The number of hydrogen-bond acceptors (Lipinski definition) is 3. The molecular weight excluding hydrogens is 200 g/mol. The summed E-state index contributed by atoms with van der Waals surface area (Å²) >= 11 is 0. The van der Waals surface area contributed by atoms with Crippen molar-refractivity contribution in [2.45, 2.75) is 46.1 Å². The smallest absolute Gasteiger partial charge is 0.0852 e. The van der Waals surface area contributed by atoms with Crippen LogP contribution in [-0.2, 0) is 0 Å². The predicted molar refractivity (Wildman–Crippen MR) is 64.9 cm³/mol. The van der Waals surface area contributed by atoms with Crippen molar-refractivity contribution in [3.05, 3.63) is 0 Å². The van der Waals surface area contributed by atoms with Gasteiger partial charge in [-0.15, -0.1) is 0 Å². The first-order valence-electron chi connectivity index (χ1n) is 6.17. The molecule has 16 heavy (non-hydrogen) atoms. The molecule has 3 heteroatoms. The van der Waals surface area contributed by atoms with Gasteiger partial charge in [0.15, 0.2) is 0 Å². The van der Waals surface area contributed by atoms with Crippen LogP contribution in [0, 0.1) is 22.7 Å². The third-order valence-electron chi connectivity index (χ3n) is 3.75. The number of hydrogen-bond donors (Lipinski definition) is 1. The summed E-state index contributed by atoms with van der Waals surface area (Å²) in [7, 11) is 0. The Labute approximate surface area is 99.1 Å². The van der Waals surface area contributed by atoms with Gasteiger partial charge in [0.1, 0.15) is 0 Å². The van der Waals surface area contributed by atoms with Crippen molar-refractivity contribution in [3.8, 4) is 6.07 Å². The molecule has 1 aliphatic heterocycles. The van der Waals surface area contributed by atoms with Crippen LogP contribution in [0.25, 0.3) is 0 Å². The van der Waals surface area contributed by atoms with E-state index >= 15 is 0 Å². The zero-order valence-corrected chi connectivity index (χ0v) is 11.0. The summed E-state index contributed by atoms with van der Waals surface area (Å²) in [5, 5.41) is 19.6. The molecule has 0 aromatic carbocycles. The van der Waals surface area contributed by atoms with Crippen LogP contribution in [0.15, 0.2) is 0 Å². The van der Waals surface area contributed by atoms with Crippen molar-refractivity contribution in [1.82, 2.24) is 4.90 Å². The van der Waals surface area contributed by atoms with E-state index in [-0.39, 0.29) is 0 Å². The van der Waals surface area contributed by atoms with Gasteiger partial charge in [0, 0.05) is 19.6 Å². The Kier molecular flexibility index (Phi) is 3.98. The zero-order valence-electron chi connectivity index (χ0n) is 11.0. The van der Waals surface area contributed by atoms with Gasteiger partial charge < -0.3 is 10.0 Å². The van der Waals surface area contributed by atoms with Crippen molar-refractivity contribution >= 4 is 0 Å². The van der Waals surface area contributed by atoms with E-state index in [1.54, 1.807) is 0 Å². The molecule has 0 aromatic heterocycles. The molecule has 3 nitrogen and oxygen atoms in total. The van der Waals surface area contributed by atoms with E-state index in [0.717, 1.165) is 19.6 Å². The minimum Gasteiger partial charge on any atom is -0.388 e. The van der Waals surface area contributed by atoms with Crippen LogP contribution in [0.4, 0.5) is 0 Å². The highest BCUT2D eigenvalue weighted by atomic mass is 16.3. The maximum absolute atomic E-state index is 10.5. The fourth-order valence-corrected chi connectivity index (χ4v) is 2.35. The van der Waals surface area contributed by atoms with Gasteiger partial charge in [0.25, 0.3) is 0 Å². The second kappa shape index (κ2) is 4.73. The molecule has 0 saturated carbocycles. The van der Waals surface area contributed by atoms with Crippen LogP contribution in [0.5, 0.6) is 0 Å². The van der Waals surface area contributed by atoms with Gasteiger partial charge in [0.2, 0.25) is 0 Å². The Balaban J connectivity index is 2.57. The average Bonchev–Trinajstić information content (AvgIpc) is 2.21. The van der Waals surface area contributed by atoms with E-state index in [0.29, 0.717) is 18.8 Å². The molecule has 0 unspecified atom stereocenters. The van der Waals surface area contributed by atoms with Gasteiger partial charge in [-0.05, 0) is 32.6 Å². The van der Waals surface area contributed by atoms with E-state index in [9.17, 15) is 5.11 Å². The molecule has 1 rings (SSSR count). The first kappa shape index (κ1) is 13.5. The molecule has 0 atom stereocenters. The monoisotopic (exact) mass is 224 g/mol. The highest BCUT2D eigenvalue weighted by Gasteiger charge is 2.45. The van der Waals surface area contributed by atoms with Crippen LogP contribution in [0.3, 0.4) is 0 Å². The Morgan fingerprint density at radius 2 is 1.88 bits per heavy atom. The van der Waals surface area contributed by atoms with Crippen LogP contribution in [-0.4, -0.2) is 35.2 Å². The standard InChI is InChI=1S/C13H24N2O/c1-11(2)9-15-7-5-13(16,6-8-15)12(3,4)10-14/h11,16H,5-9H2,1-4H3. The minimum absolute atomic E-state index is 0.642. The Hall–Kier alpha value is -0.590. The van der Waals surface area contributed by atoms with E-state index in [1.165, 1.54) is 0 Å². The molecule has 0 spiro atoms. The highest BCUT2D eigenvalue weighted by molar-refractivity contribution is 5.08. The van der Waals surface area contributed by atoms with E-state index in [4.69, 9.17) is 5.26 Å². The lowest BCUT2D eigenvalue weighted by Crippen LogP contribution is -2.52. The molecule has 1 aliphatic rings. The molecule has 0 radical (unpaired) electrons. The molecular formula is C13H24N2O. The van der Waals surface area contributed by atoms with Crippen molar-refractivity contribution < 1.29 is 5.11 Å². The van der Waals surface area contributed by atoms with Crippen LogP contribution in [0.1, 0.15) is 40.5 Å². The van der Waals surface area contributed by atoms with Crippen LogP contribution in [0.2, 0.25) is 0 Å². The van der Waals surface area contributed by atoms with Gasteiger partial charge >= 0.3 is 0 Å². The van der Waals surface area contributed by atoms with Gasteiger partial charge in [-0.25, -0.2) is 0 Å². The van der Waals surface area contributed by atoms with Crippen LogP contribution >= 0.6 is 0 Å². The topological polar surface area (TPSA) is 47.3 Å². The lowest BCUT2D eigenvalue weighted by molar-refractivity contribution is -0.0845. The lowest BCUT2D eigenvalue weighted by atomic mass is 9.70. The molecule has 1 saturated heterocycles. The van der Waals surface area contributed by atoms with Crippen LogP contribution < -0.4 is 0 Å². The Morgan fingerprint density at radius 1 is 1.38 bits per heavy atom. The number of nitrogens with zero attached hydrogens (tertiary/aromatic N) is 2. The molecule has 1 heterocycles. The normalized spacial score (nSPS) is 22.1. The number of nitriles is 1. The molecule has 0 aromatic rings. The second-order valence-electron chi connectivity index (χ2n) is 5.96. The summed E-state index contributed by atoms with van der Waals surface area (Å²) in [5.41, 5.74) is -1.45. The van der Waals surface area contributed by atoms with E-state index < -0.39 is 11.0 Å². The molecule has 0 aliphatic carbocycles. The van der Waals surface area contributed by atoms with Gasteiger partial charge in [-0.1, -0.05) is 13.8 Å². The number of piperidine rings is 1. The maximum atomic E-state index is 10.5. The largest absolute Gasteiger partial charge is 0.388 e. The fourth-order valence-electron chi connectivity index (χ4n) is 2.35. The SMILES string of the molecule is CC(C)CN1CCC(O)(C(C)(C)C#N)CC1. The summed E-state index contributed by atoms with van der Waals surface area (Å²) in [6.07, 6.45) is 1.42. The first-order chi connectivity index (χ1) is 7.31. The quantitative estimate of drug-likeness (QED) is 0.798. The summed E-state index contributed by atoms with van der Waals surface area (Å²) in [6, 6.07) is 2.24. The summed E-state index contributed by atoms with van der Waals surface area (Å²) in [4.78, 5) is 2.38. The third-order valence-corrected chi connectivity index (χ3v) is 3.75. The second-order valence-corrected chi connectivity index (χ2v) is 5.96. The van der Waals surface area contributed by atoms with Gasteiger partial charge in [-0.2, -0.15) is 5.26 Å². The third kappa shape index (κ3) is 2.75. The molecule has 92 valence electrons. The molecule has 0 amide bonds. The Bertz CT molecular complexity index is 270. The fraction of sp³-hybridized carbons (Fsp3) is 0.923. The zero-order chi connectivity index (χ0) is 12.4. The number of aliphatic hydroxyl groups is 1. The summed E-state index contributed by atoms with van der Waals surface area (Å²) < 4.78 is 0. The van der Waals surface area contributed by atoms with Gasteiger partial charge in [-0.3, -0.25) is 0 Å². The minimum atomic E-state index is -0.810. The average molecular weight is 224 g/mol. The van der Waals surface area contributed by atoms with Gasteiger partial charge in [0.05, 0.1) is 17.1 Å². The maximum Gasteiger partial charge on any atom is 0.0852 e. The van der Waals surface area contributed by atoms with Crippen molar-refractivity contribution in [1.29, 1.82) is 5.26 Å². The van der Waals surface area contributed by atoms with E-state index in [1.807, 2.05) is 13.8 Å². The van der Waals surface area contributed by atoms with Crippen molar-refractivity contribution in [3.63, 3.8) is 0 Å². The van der Waals surface area contributed by atoms with Crippen molar-refractivity contribution in [2.24, 2.45) is 11.3 Å². The molecule has 1 fully saturated rings. The van der Waals surface area contributed by atoms with E-state index in [2.05, 4.69) is 24.8 Å². The molecule has 1 N–H and O–H groups in total. The Morgan fingerprint density at radius 3 is 2.25 bits per heavy atom. The lowest BCUT2D eigenvalue weighted by Gasteiger charge is -2.44. The number of rotatable bonds is 3. The van der Waals surface area contributed by atoms with Crippen molar-refractivity contribution in [2.75, 3.05) is 19.6 Å².